The Morgan fingerprint density at radius 3 is 2.36 bits per heavy atom. The van der Waals surface area contributed by atoms with Gasteiger partial charge in [-0.2, -0.15) is 0 Å². The van der Waals surface area contributed by atoms with E-state index in [1.54, 1.807) is 0 Å². The second-order valence-electron chi connectivity index (χ2n) is 5.15. The SMILES string of the molecule is CN(C)c1ccccc1NC(=O)NCc1ccccc1CO. The van der Waals surface area contributed by atoms with Gasteiger partial charge in [-0.1, -0.05) is 36.4 Å². The van der Waals surface area contributed by atoms with Crippen LogP contribution in [-0.2, 0) is 13.2 Å². The molecule has 0 aliphatic heterocycles. The van der Waals surface area contributed by atoms with E-state index in [2.05, 4.69) is 10.6 Å². The lowest BCUT2D eigenvalue weighted by Gasteiger charge is -2.18. The molecule has 2 aromatic carbocycles. The smallest absolute Gasteiger partial charge is 0.319 e. The van der Waals surface area contributed by atoms with Gasteiger partial charge in [0.25, 0.3) is 0 Å². The van der Waals surface area contributed by atoms with Crippen molar-refractivity contribution < 1.29 is 9.90 Å². The highest BCUT2D eigenvalue weighted by Gasteiger charge is 2.08. The number of rotatable bonds is 5. The fourth-order valence-corrected chi connectivity index (χ4v) is 2.20. The number of amides is 2. The van der Waals surface area contributed by atoms with E-state index >= 15 is 0 Å². The minimum Gasteiger partial charge on any atom is -0.392 e. The first kappa shape index (κ1) is 15.9. The van der Waals surface area contributed by atoms with Gasteiger partial charge >= 0.3 is 6.03 Å². The van der Waals surface area contributed by atoms with Crippen LogP contribution in [0.15, 0.2) is 48.5 Å². The van der Waals surface area contributed by atoms with E-state index in [0.29, 0.717) is 6.54 Å². The molecule has 2 rings (SSSR count). The van der Waals surface area contributed by atoms with Gasteiger partial charge in [-0.05, 0) is 23.3 Å². The molecule has 116 valence electrons. The maximum Gasteiger partial charge on any atom is 0.319 e. The maximum absolute atomic E-state index is 12.1. The largest absolute Gasteiger partial charge is 0.392 e. The van der Waals surface area contributed by atoms with Crippen LogP contribution in [-0.4, -0.2) is 25.2 Å². The summed E-state index contributed by atoms with van der Waals surface area (Å²) in [5.74, 6) is 0. The minimum atomic E-state index is -0.276. The predicted molar refractivity (Wildman–Crippen MR) is 89.0 cm³/mol. The molecule has 0 atom stereocenters. The van der Waals surface area contributed by atoms with Crippen LogP contribution in [0.25, 0.3) is 0 Å². The van der Waals surface area contributed by atoms with E-state index < -0.39 is 0 Å². The molecule has 5 heteroatoms. The number of carbonyl (C=O) groups is 1. The number of nitrogens with zero attached hydrogens (tertiary/aromatic N) is 1. The molecule has 0 aliphatic carbocycles. The van der Waals surface area contributed by atoms with Gasteiger partial charge in [-0.15, -0.1) is 0 Å². The second-order valence-corrected chi connectivity index (χ2v) is 5.15. The van der Waals surface area contributed by atoms with Crippen LogP contribution in [0.4, 0.5) is 16.2 Å². The fourth-order valence-electron chi connectivity index (χ4n) is 2.20. The van der Waals surface area contributed by atoms with Crippen molar-refractivity contribution in [3.63, 3.8) is 0 Å². The third-order valence-electron chi connectivity index (χ3n) is 3.36. The number of aliphatic hydroxyl groups excluding tert-OH is 1. The van der Waals surface area contributed by atoms with Crippen LogP contribution in [0.5, 0.6) is 0 Å². The minimum absolute atomic E-state index is 0.0388. The summed E-state index contributed by atoms with van der Waals surface area (Å²) in [7, 11) is 3.85. The summed E-state index contributed by atoms with van der Waals surface area (Å²) in [4.78, 5) is 14.0. The van der Waals surface area contributed by atoms with Crippen molar-refractivity contribution in [3.8, 4) is 0 Å². The number of nitrogens with one attached hydrogen (secondary N) is 2. The first-order valence-electron chi connectivity index (χ1n) is 7.10. The number of aliphatic hydroxyl groups is 1. The maximum atomic E-state index is 12.1. The van der Waals surface area contributed by atoms with Crippen molar-refractivity contribution in [1.82, 2.24) is 5.32 Å². The van der Waals surface area contributed by atoms with Crippen LogP contribution < -0.4 is 15.5 Å². The molecule has 0 radical (unpaired) electrons. The molecule has 0 saturated carbocycles. The van der Waals surface area contributed by atoms with E-state index in [9.17, 15) is 9.90 Å². The number of hydrogen-bond acceptors (Lipinski definition) is 3. The van der Waals surface area contributed by atoms with Crippen molar-refractivity contribution in [2.24, 2.45) is 0 Å². The van der Waals surface area contributed by atoms with Crippen LogP contribution in [0.1, 0.15) is 11.1 Å². The fraction of sp³-hybridized carbons (Fsp3) is 0.235. The highest BCUT2D eigenvalue weighted by molar-refractivity contribution is 5.93. The van der Waals surface area contributed by atoms with Gasteiger partial charge in [0.05, 0.1) is 18.0 Å². The molecule has 0 bridgehead atoms. The lowest BCUT2D eigenvalue weighted by atomic mass is 10.1. The van der Waals surface area contributed by atoms with E-state index in [1.807, 2.05) is 67.5 Å². The highest BCUT2D eigenvalue weighted by Crippen LogP contribution is 2.23. The Bertz CT molecular complexity index is 641. The Balaban J connectivity index is 1.99. The van der Waals surface area contributed by atoms with Gasteiger partial charge in [-0.25, -0.2) is 4.79 Å². The molecule has 3 N–H and O–H groups in total. The molecule has 0 spiro atoms. The summed E-state index contributed by atoms with van der Waals surface area (Å²) >= 11 is 0. The third-order valence-corrected chi connectivity index (χ3v) is 3.36. The Kier molecular flexibility index (Phi) is 5.38. The first-order chi connectivity index (χ1) is 10.6. The topological polar surface area (TPSA) is 64.6 Å². The molecule has 2 aromatic rings. The molecule has 0 aliphatic rings. The average Bonchev–Trinajstić information content (AvgIpc) is 2.53. The van der Waals surface area contributed by atoms with Gasteiger partial charge in [0.2, 0.25) is 0 Å². The van der Waals surface area contributed by atoms with Crippen molar-refractivity contribution >= 4 is 17.4 Å². The number of para-hydroxylation sites is 2. The zero-order chi connectivity index (χ0) is 15.9. The molecule has 0 unspecified atom stereocenters. The van der Waals surface area contributed by atoms with Gasteiger partial charge in [0.1, 0.15) is 0 Å². The predicted octanol–water partition coefficient (Wildman–Crippen LogP) is 2.57. The molecule has 0 aromatic heterocycles. The molecular formula is C17H21N3O2. The summed E-state index contributed by atoms with van der Waals surface area (Å²) < 4.78 is 0. The summed E-state index contributed by atoms with van der Waals surface area (Å²) in [6.07, 6.45) is 0. The zero-order valence-electron chi connectivity index (χ0n) is 12.8. The lowest BCUT2D eigenvalue weighted by molar-refractivity contribution is 0.251. The van der Waals surface area contributed by atoms with E-state index in [0.717, 1.165) is 22.5 Å². The second kappa shape index (κ2) is 7.47. The zero-order valence-corrected chi connectivity index (χ0v) is 12.8. The van der Waals surface area contributed by atoms with E-state index in [1.165, 1.54) is 0 Å². The molecule has 0 saturated heterocycles. The van der Waals surface area contributed by atoms with Crippen LogP contribution in [0, 0.1) is 0 Å². The van der Waals surface area contributed by atoms with Gasteiger partial charge in [0, 0.05) is 20.6 Å². The quantitative estimate of drug-likeness (QED) is 0.795. The number of benzene rings is 2. The molecule has 2 amide bonds. The molecule has 0 heterocycles. The molecule has 22 heavy (non-hydrogen) atoms. The van der Waals surface area contributed by atoms with Crippen LogP contribution >= 0.6 is 0 Å². The lowest BCUT2D eigenvalue weighted by Crippen LogP contribution is -2.29. The monoisotopic (exact) mass is 299 g/mol. The molecule has 5 nitrogen and oxygen atoms in total. The summed E-state index contributed by atoms with van der Waals surface area (Å²) in [5.41, 5.74) is 3.41. The van der Waals surface area contributed by atoms with Crippen LogP contribution in [0.2, 0.25) is 0 Å². The molecular weight excluding hydrogens is 278 g/mol. The van der Waals surface area contributed by atoms with Crippen LogP contribution in [0.3, 0.4) is 0 Å². The number of anilines is 2. The first-order valence-corrected chi connectivity index (χ1v) is 7.10. The van der Waals surface area contributed by atoms with E-state index in [4.69, 9.17) is 0 Å². The normalized spacial score (nSPS) is 10.1. The summed E-state index contributed by atoms with van der Waals surface area (Å²) in [6.45, 7) is 0.329. The third kappa shape index (κ3) is 3.99. The number of carbonyl (C=O) groups excluding carboxylic acids is 1. The van der Waals surface area contributed by atoms with Gasteiger partial charge in [0.15, 0.2) is 0 Å². The highest BCUT2D eigenvalue weighted by atomic mass is 16.3. The van der Waals surface area contributed by atoms with Gasteiger partial charge < -0.3 is 20.6 Å². The molecule has 0 fully saturated rings. The summed E-state index contributed by atoms with van der Waals surface area (Å²) in [6, 6.07) is 14.8. The Labute approximate surface area is 130 Å². The van der Waals surface area contributed by atoms with E-state index in [-0.39, 0.29) is 12.6 Å². The summed E-state index contributed by atoms with van der Waals surface area (Å²) in [5, 5.41) is 14.9. The Morgan fingerprint density at radius 2 is 1.68 bits per heavy atom. The van der Waals surface area contributed by atoms with Gasteiger partial charge in [-0.3, -0.25) is 0 Å². The number of hydrogen-bond donors (Lipinski definition) is 3. The number of urea groups is 1. The standard InChI is InChI=1S/C17H21N3O2/c1-20(2)16-10-6-5-9-15(16)19-17(22)18-11-13-7-3-4-8-14(13)12-21/h3-10,21H,11-12H2,1-2H3,(H2,18,19,22). The van der Waals surface area contributed by atoms with Crippen molar-refractivity contribution in [2.75, 3.05) is 24.3 Å². The van der Waals surface area contributed by atoms with Crippen molar-refractivity contribution in [3.05, 3.63) is 59.7 Å². The Morgan fingerprint density at radius 1 is 1.05 bits per heavy atom. The van der Waals surface area contributed by atoms with Crippen molar-refractivity contribution in [2.45, 2.75) is 13.2 Å². The Hall–Kier alpha value is -2.53. The average molecular weight is 299 g/mol. The van der Waals surface area contributed by atoms with Crippen molar-refractivity contribution in [1.29, 1.82) is 0 Å².